The third-order valence-electron chi connectivity index (χ3n) is 3.15. The maximum absolute atomic E-state index is 5.82. The van der Waals surface area contributed by atoms with E-state index in [2.05, 4.69) is 18.8 Å². The van der Waals surface area contributed by atoms with Crippen LogP contribution in [-0.4, -0.2) is 19.2 Å². The zero-order chi connectivity index (χ0) is 13.8. The minimum atomic E-state index is 0.453. The molecule has 1 aromatic carbocycles. The van der Waals surface area contributed by atoms with Gasteiger partial charge in [-0.15, -0.1) is 6.58 Å². The van der Waals surface area contributed by atoms with Crippen molar-refractivity contribution >= 4 is 0 Å². The van der Waals surface area contributed by atoms with E-state index in [-0.39, 0.29) is 0 Å². The van der Waals surface area contributed by atoms with E-state index >= 15 is 0 Å². The van der Waals surface area contributed by atoms with Crippen molar-refractivity contribution in [2.24, 2.45) is 0 Å². The van der Waals surface area contributed by atoms with Gasteiger partial charge in [-0.3, -0.25) is 0 Å². The van der Waals surface area contributed by atoms with Gasteiger partial charge in [-0.05, 0) is 37.9 Å². The molecule has 2 nitrogen and oxygen atoms in total. The SMILES string of the molecule is C=CCCCCCC(COc1ccccc1)NCC. The summed E-state index contributed by atoms with van der Waals surface area (Å²) >= 11 is 0. The van der Waals surface area contributed by atoms with Crippen LogP contribution in [0.1, 0.15) is 39.0 Å². The number of hydrogen-bond acceptors (Lipinski definition) is 2. The third kappa shape index (κ3) is 7.68. The molecule has 1 rings (SSSR count). The van der Waals surface area contributed by atoms with Crippen molar-refractivity contribution in [2.75, 3.05) is 13.2 Å². The number of unbranched alkanes of at least 4 members (excludes halogenated alkanes) is 3. The van der Waals surface area contributed by atoms with Gasteiger partial charge < -0.3 is 10.1 Å². The van der Waals surface area contributed by atoms with Crippen molar-refractivity contribution in [2.45, 2.75) is 45.1 Å². The number of allylic oxidation sites excluding steroid dienone is 1. The number of benzene rings is 1. The van der Waals surface area contributed by atoms with Crippen LogP contribution in [0.25, 0.3) is 0 Å². The van der Waals surface area contributed by atoms with E-state index in [1.165, 1.54) is 25.7 Å². The molecule has 0 bridgehead atoms. The lowest BCUT2D eigenvalue weighted by molar-refractivity contribution is 0.255. The van der Waals surface area contributed by atoms with Gasteiger partial charge >= 0.3 is 0 Å². The Balaban J connectivity index is 2.22. The molecule has 0 saturated heterocycles. The van der Waals surface area contributed by atoms with Crippen molar-refractivity contribution in [1.29, 1.82) is 0 Å². The van der Waals surface area contributed by atoms with Crippen LogP contribution in [0.4, 0.5) is 0 Å². The van der Waals surface area contributed by atoms with Gasteiger partial charge in [0.05, 0.1) is 0 Å². The van der Waals surface area contributed by atoms with E-state index in [1.807, 2.05) is 36.4 Å². The molecule has 0 aliphatic heterocycles. The molecule has 0 aliphatic carbocycles. The van der Waals surface area contributed by atoms with E-state index in [0.29, 0.717) is 6.04 Å². The van der Waals surface area contributed by atoms with Crippen LogP contribution in [0.2, 0.25) is 0 Å². The molecule has 0 heterocycles. The lowest BCUT2D eigenvalue weighted by Gasteiger charge is -2.18. The molecule has 0 aliphatic rings. The Hall–Kier alpha value is -1.28. The molecular formula is C17H27NO. The zero-order valence-electron chi connectivity index (χ0n) is 12.1. The lowest BCUT2D eigenvalue weighted by atomic mass is 10.1. The normalized spacial score (nSPS) is 12.1. The summed E-state index contributed by atoms with van der Waals surface area (Å²) in [5.41, 5.74) is 0. The summed E-state index contributed by atoms with van der Waals surface area (Å²) in [7, 11) is 0. The second-order valence-electron chi connectivity index (χ2n) is 4.81. The van der Waals surface area contributed by atoms with Gasteiger partial charge in [0.25, 0.3) is 0 Å². The van der Waals surface area contributed by atoms with Crippen LogP contribution >= 0.6 is 0 Å². The van der Waals surface area contributed by atoms with Crippen LogP contribution in [0, 0.1) is 0 Å². The molecule has 1 N–H and O–H groups in total. The first kappa shape index (κ1) is 15.8. The third-order valence-corrected chi connectivity index (χ3v) is 3.15. The zero-order valence-corrected chi connectivity index (χ0v) is 12.1. The summed E-state index contributed by atoms with van der Waals surface area (Å²) in [5, 5.41) is 3.50. The van der Waals surface area contributed by atoms with Gasteiger partial charge in [0, 0.05) is 6.04 Å². The maximum Gasteiger partial charge on any atom is 0.119 e. The van der Waals surface area contributed by atoms with Crippen molar-refractivity contribution in [1.82, 2.24) is 5.32 Å². The summed E-state index contributed by atoms with van der Waals surface area (Å²) in [6.07, 6.45) is 8.09. The average molecular weight is 261 g/mol. The Labute approximate surface area is 117 Å². The lowest BCUT2D eigenvalue weighted by Crippen LogP contribution is -2.34. The first-order valence-electron chi connectivity index (χ1n) is 7.39. The van der Waals surface area contributed by atoms with Crippen LogP contribution in [0.5, 0.6) is 5.75 Å². The van der Waals surface area contributed by atoms with Crippen LogP contribution < -0.4 is 10.1 Å². The van der Waals surface area contributed by atoms with E-state index < -0.39 is 0 Å². The van der Waals surface area contributed by atoms with Crippen molar-refractivity contribution in [3.63, 3.8) is 0 Å². The van der Waals surface area contributed by atoms with Crippen molar-refractivity contribution in [3.8, 4) is 5.75 Å². The largest absolute Gasteiger partial charge is 0.492 e. The van der Waals surface area contributed by atoms with E-state index in [0.717, 1.165) is 25.3 Å². The fraction of sp³-hybridized carbons (Fsp3) is 0.529. The topological polar surface area (TPSA) is 21.3 Å². The first-order valence-corrected chi connectivity index (χ1v) is 7.39. The number of hydrogen-bond donors (Lipinski definition) is 1. The molecule has 1 aromatic rings. The second kappa shape index (κ2) is 10.6. The summed E-state index contributed by atoms with van der Waals surface area (Å²) in [6.45, 7) is 7.64. The van der Waals surface area contributed by atoms with Crippen molar-refractivity contribution in [3.05, 3.63) is 43.0 Å². The van der Waals surface area contributed by atoms with Crippen LogP contribution in [0.3, 0.4) is 0 Å². The molecule has 0 aromatic heterocycles. The van der Waals surface area contributed by atoms with Gasteiger partial charge in [-0.2, -0.15) is 0 Å². The second-order valence-corrected chi connectivity index (χ2v) is 4.81. The van der Waals surface area contributed by atoms with E-state index in [4.69, 9.17) is 4.74 Å². The summed E-state index contributed by atoms with van der Waals surface area (Å²) in [4.78, 5) is 0. The van der Waals surface area contributed by atoms with E-state index in [9.17, 15) is 0 Å². The number of ether oxygens (including phenoxy) is 1. The highest BCUT2D eigenvalue weighted by molar-refractivity contribution is 5.20. The monoisotopic (exact) mass is 261 g/mol. The molecule has 106 valence electrons. The minimum absolute atomic E-state index is 0.453. The van der Waals surface area contributed by atoms with Gasteiger partial charge in [0.15, 0.2) is 0 Å². The Bertz CT molecular complexity index is 323. The first-order chi connectivity index (χ1) is 9.36. The molecular weight excluding hydrogens is 234 g/mol. The Morgan fingerprint density at radius 3 is 2.68 bits per heavy atom. The molecule has 0 saturated carbocycles. The number of likely N-dealkylation sites (N-methyl/N-ethyl adjacent to an activating group) is 1. The quantitative estimate of drug-likeness (QED) is 0.476. The number of nitrogens with one attached hydrogen (secondary N) is 1. The standard InChI is InChI=1S/C17H27NO/c1-3-5-6-7-9-12-16(18-4-2)15-19-17-13-10-8-11-14-17/h3,8,10-11,13-14,16,18H,1,4-7,9,12,15H2,2H3. The number of rotatable bonds is 11. The molecule has 0 spiro atoms. The predicted octanol–water partition coefficient (Wildman–Crippen LogP) is 4.18. The van der Waals surface area contributed by atoms with Gasteiger partial charge in [0.2, 0.25) is 0 Å². The molecule has 1 unspecified atom stereocenters. The maximum atomic E-state index is 5.82. The molecule has 0 amide bonds. The summed E-state index contributed by atoms with van der Waals surface area (Å²) in [5.74, 6) is 0.956. The Morgan fingerprint density at radius 1 is 1.21 bits per heavy atom. The van der Waals surface area contributed by atoms with Gasteiger partial charge in [-0.1, -0.05) is 44.0 Å². The van der Waals surface area contributed by atoms with Gasteiger partial charge in [-0.25, -0.2) is 0 Å². The Morgan fingerprint density at radius 2 is 2.00 bits per heavy atom. The molecule has 0 fully saturated rings. The minimum Gasteiger partial charge on any atom is -0.492 e. The average Bonchev–Trinajstić information content (AvgIpc) is 2.45. The van der Waals surface area contributed by atoms with Crippen molar-refractivity contribution < 1.29 is 4.74 Å². The fourth-order valence-electron chi connectivity index (χ4n) is 2.10. The number of para-hydroxylation sites is 1. The molecule has 19 heavy (non-hydrogen) atoms. The van der Waals surface area contributed by atoms with Crippen LogP contribution in [0.15, 0.2) is 43.0 Å². The highest BCUT2D eigenvalue weighted by Gasteiger charge is 2.07. The summed E-state index contributed by atoms with van der Waals surface area (Å²) < 4.78 is 5.82. The molecule has 1 atom stereocenters. The predicted molar refractivity (Wildman–Crippen MR) is 82.7 cm³/mol. The highest BCUT2D eigenvalue weighted by atomic mass is 16.5. The molecule has 0 radical (unpaired) electrons. The summed E-state index contributed by atoms with van der Waals surface area (Å²) in [6, 6.07) is 10.5. The van der Waals surface area contributed by atoms with Gasteiger partial charge in [0.1, 0.15) is 12.4 Å². The van der Waals surface area contributed by atoms with E-state index in [1.54, 1.807) is 0 Å². The Kier molecular flexibility index (Phi) is 8.82. The molecule has 2 heteroatoms. The smallest absolute Gasteiger partial charge is 0.119 e. The fourth-order valence-corrected chi connectivity index (χ4v) is 2.10. The highest BCUT2D eigenvalue weighted by Crippen LogP contribution is 2.11. The van der Waals surface area contributed by atoms with Crippen LogP contribution in [-0.2, 0) is 0 Å².